The van der Waals surface area contributed by atoms with Gasteiger partial charge in [0.2, 0.25) is 10.0 Å². The number of carbonyl (C=O) groups is 1. The summed E-state index contributed by atoms with van der Waals surface area (Å²) >= 11 is 0. The molecule has 19 heavy (non-hydrogen) atoms. The molecule has 5 nitrogen and oxygen atoms in total. The topological polar surface area (TPSA) is 83.5 Å². The number of hydrogen-bond donors (Lipinski definition) is 2. The van der Waals surface area contributed by atoms with Crippen molar-refractivity contribution in [2.75, 3.05) is 5.75 Å². The molecule has 0 amide bonds. The van der Waals surface area contributed by atoms with Crippen molar-refractivity contribution in [3.8, 4) is 0 Å². The first-order valence-corrected chi connectivity index (χ1v) is 7.88. The highest BCUT2D eigenvalue weighted by molar-refractivity contribution is 7.89. The Bertz CT molecular complexity index is 537. The van der Waals surface area contributed by atoms with Crippen LogP contribution in [0.3, 0.4) is 0 Å². The van der Waals surface area contributed by atoms with Crippen LogP contribution in [0.15, 0.2) is 30.3 Å². The Balaban J connectivity index is 2.01. The van der Waals surface area contributed by atoms with Gasteiger partial charge in [-0.3, -0.25) is 4.79 Å². The van der Waals surface area contributed by atoms with Crippen LogP contribution < -0.4 is 4.72 Å². The van der Waals surface area contributed by atoms with Gasteiger partial charge >= 0.3 is 5.97 Å². The number of carboxylic acids is 1. The molecule has 0 aromatic heterocycles. The SMILES string of the molecule is O=C(O)[C@H](Cc1ccccc1)NS(=O)(=O)CC1CC1. The molecule has 0 bridgehead atoms. The molecule has 2 N–H and O–H groups in total. The Morgan fingerprint density at radius 1 is 1.32 bits per heavy atom. The van der Waals surface area contributed by atoms with Gasteiger partial charge in [0.25, 0.3) is 0 Å². The van der Waals surface area contributed by atoms with E-state index in [1.807, 2.05) is 6.07 Å². The first-order chi connectivity index (χ1) is 8.96. The lowest BCUT2D eigenvalue weighted by molar-refractivity contribution is -0.138. The fourth-order valence-corrected chi connectivity index (χ4v) is 3.56. The van der Waals surface area contributed by atoms with Gasteiger partial charge in [-0.2, -0.15) is 0 Å². The highest BCUT2D eigenvalue weighted by Crippen LogP contribution is 2.30. The highest BCUT2D eigenvalue weighted by Gasteiger charge is 2.31. The van der Waals surface area contributed by atoms with E-state index in [0.29, 0.717) is 0 Å². The van der Waals surface area contributed by atoms with Crippen LogP contribution in [-0.2, 0) is 21.2 Å². The zero-order valence-electron chi connectivity index (χ0n) is 10.5. The summed E-state index contributed by atoms with van der Waals surface area (Å²) in [7, 11) is -3.51. The van der Waals surface area contributed by atoms with E-state index in [9.17, 15) is 13.2 Å². The van der Waals surface area contributed by atoms with Crippen molar-refractivity contribution in [2.24, 2.45) is 5.92 Å². The average Bonchev–Trinajstić information content (AvgIpc) is 3.12. The molecular weight excluding hydrogens is 266 g/mol. The summed E-state index contributed by atoms with van der Waals surface area (Å²) in [5.74, 6) is -0.919. The van der Waals surface area contributed by atoms with Crippen molar-refractivity contribution in [2.45, 2.75) is 25.3 Å². The summed E-state index contributed by atoms with van der Waals surface area (Å²) in [6, 6.07) is 7.89. The minimum Gasteiger partial charge on any atom is -0.480 e. The normalized spacial score (nSPS) is 17.1. The van der Waals surface area contributed by atoms with Crippen LogP contribution in [0.1, 0.15) is 18.4 Å². The number of carboxylic acid groups (broad SMARTS) is 1. The molecule has 0 unspecified atom stereocenters. The van der Waals surface area contributed by atoms with E-state index in [1.54, 1.807) is 24.3 Å². The van der Waals surface area contributed by atoms with E-state index in [4.69, 9.17) is 5.11 Å². The molecule has 0 heterocycles. The molecule has 2 rings (SSSR count). The van der Waals surface area contributed by atoms with Gasteiger partial charge in [0.05, 0.1) is 5.75 Å². The summed E-state index contributed by atoms with van der Waals surface area (Å²) in [6.45, 7) is 0. The van der Waals surface area contributed by atoms with Crippen molar-refractivity contribution in [1.82, 2.24) is 4.72 Å². The van der Waals surface area contributed by atoms with Crippen LogP contribution >= 0.6 is 0 Å². The highest BCUT2D eigenvalue weighted by atomic mass is 32.2. The molecule has 104 valence electrons. The van der Waals surface area contributed by atoms with Gasteiger partial charge < -0.3 is 5.11 Å². The van der Waals surface area contributed by atoms with Crippen LogP contribution in [0.2, 0.25) is 0 Å². The van der Waals surface area contributed by atoms with Crippen LogP contribution in [0, 0.1) is 5.92 Å². The monoisotopic (exact) mass is 283 g/mol. The lowest BCUT2D eigenvalue weighted by Crippen LogP contribution is -2.43. The standard InChI is InChI=1S/C13H17NO4S/c15-13(16)12(8-10-4-2-1-3-5-10)14-19(17,18)9-11-6-7-11/h1-5,11-12,14H,6-9H2,(H,15,16)/t12-/m0/s1. The smallest absolute Gasteiger partial charge is 0.322 e. The molecule has 6 heteroatoms. The Hall–Kier alpha value is -1.40. The quantitative estimate of drug-likeness (QED) is 0.782. The van der Waals surface area contributed by atoms with E-state index in [-0.39, 0.29) is 18.1 Å². The van der Waals surface area contributed by atoms with Crippen LogP contribution in [0.5, 0.6) is 0 Å². The Morgan fingerprint density at radius 3 is 2.47 bits per heavy atom. The maximum absolute atomic E-state index is 11.8. The molecule has 1 aliphatic carbocycles. The zero-order valence-corrected chi connectivity index (χ0v) is 11.3. The third-order valence-electron chi connectivity index (χ3n) is 3.05. The molecule has 0 spiro atoms. The predicted molar refractivity (Wildman–Crippen MR) is 71.2 cm³/mol. The second-order valence-electron chi connectivity index (χ2n) is 4.92. The molecule has 1 fully saturated rings. The van der Waals surface area contributed by atoms with Gasteiger partial charge in [-0.1, -0.05) is 30.3 Å². The third kappa shape index (κ3) is 4.65. The first-order valence-electron chi connectivity index (χ1n) is 6.23. The average molecular weight is 283 g/mol. The Morgan fingerprint density at radius 2 is 1.95 bits per heavy atom. The minimum atomic E-state index is -3.51. The van der Waals surface area contributed by atoms with Gasteiger partial charge in [0.1, 0.15) is 6.04 Å². The maximum Gasteiger partial charge on any atom is 0.322 e. The zero-order chi connectivity index (χ0) is 13.9. The van der Waals surface area contributed by atoms with Gasteiger partial charge in [-0.25, -0.2) is 13.1 Å². The van der Waals surface area contributed by atoms with Crippen LogP contribution in [0.4, 0.5) is 0 Å². The minimum absolute atomic E-state index is 0.0333. The molecule has 1 saturated carbocycles. The number of rotatable bonds is 7. The first kappa shape index (κ1) is 14.0. The Kier molecular flexibility index (Phi) is 4.21. The largest absolute Gasteiger partial charge is 0.480 e. The summed E-state index contributed by atoms with van der Waals surface area (Å²) in [5, 5.41) is 9.12. The van der Waals surface area contributed by atoms with Gasteiger partial charge in [0.15, 0.2) is 0 Å². The lowest BCUT2D eigenvalue weighted by atomic mass is 10.1. The number of benzene rings is 1. The third-order valence-corrected chi connectivity index (χ3v) is 4.61. The van der Waals surface area contributed by atoms with Crippen molar-refractivity contribution in [1.29, 1.82) is 0 Å². The number of sulfonamides is 1. The number of nitrogens with one attached hydrogen (secondary N) is 1. The van der Waals surface area contributed by atoms with Crippen molar-refractivity contribution in [3.05, 3.63) is 35.9 Å². The molecule has 0 radical (unpaired) electrons. The fourth-order valence-electron chi connectivity index (χ4n) is 1.89. The van der Waals surface area contributed by atoms with E-state index in [2.05, 4.69) is 4.72 Å². The molecular formula is C13H17NO4S. The lowest BCUT2D eigenvalue weighted by Gasteiger charge is -2.14. The molecule has 1 aromatic carbocycles. The molecule has 1 aromatic rings. The van der Waals surface area contributed by atoms with E-state index < -0.39 is 22.0 Å². The Labute approximate surface area is 112 Å². The van der Waals surface area contributed by atoms with Crippen LogP contribution in [0.25, 0.3) is 0 Å². The van der Waals surface area contributed by atoms with Gasteiger partial charge in [0, 0.05) is 0 Å². The number of aliphatic carboxylic acids is 1. The van der Waals surface area contributed by atoms with Gasteiger partial charge in [-0.15, -0.1) is 0 Å². The summed E-state index contributed by atoms with van der Waals surface area (Å²) in [5.41, 5.74) is 0.795. The molecule has 1 atom stereocenters. The molecule has 0 saturated heterocycles. The van der Waals surface area contributed by atoms with Gasteiger partial charge in [-0.05, 0) is 30.7 Å². The van der Waals surface area contributed by atoms with Crippen molar-refractivity contribution < 1.29 is 18.3 Å². The van der Waals surface area contributed by atoms with E-state index >= 15 is 0 Å². The van der Waals surface area contributed by atoms with E-state index in [0.717, 1.165) is 18.4 Å². The predicted octanol–water partition coefficient (Wildman–Crippen LogP) is 1.01. The summed E-state index contributed by atoms with van der Waals surface area (Å²) < 4.78 is 25.9. The fraction of sp³-hybridized carbons (Fsp3) is 0.462. The van der Waals surface area contributed by atoms with Crippen LogP contribution in [-0.4, -0.2) is 31.3 Å². The molecule has 0 aliphatic heterocycles. The summed E-state index contributed by atoms with van der Waals surface area (Å²) in [6.07, 6.45) is 1.98. The molecule has 1 aliphatic rings. The second kappa shape index (κ2) is 5.71. The summed E-state index contributed by atoms with van der Waals surface area (Å²) in [4.78, 5) is 11.2. The number of hydrogen-bond acceptors (Lipinski definition) is 3. The van der Waals surface area contributed by atoms with E-state index in [1.165, 1.54) is 0 Å². The van der Waals surface area contributed by atoms with Crippen molar-refractivity contribution >= 4 is 16.0 Å². The maximum atomic E-state index is 11.8. The van der Waals surface area contributed by atoms with Crippen molar-refractivity contribution in [3.63, 3.8) is 0 Å². The second-order valence-corrected chi connectivity index (χ2v) is 6.72.